The van der Waals surface area contributed by atoms with Crippen LogP contribution in [0, 0.1) is 12.3 Å². The number of ether oxygens (including phenoxy) is 1. The number of aryl methyl sites for hydroxylation is 2. The molecule has 0 aromatic carbocycles. The molecule has 0 saturated carbocycles. The highest BCUT2D eigenvalue weighted by molar-refractivity contribution is 5.96. The van der Waals surface area contributed by atoms with Gasteiger partial charge in [0, 0.05) is 19.3 Å². The maximum absolute atomic E-state index is 13.3. The van der Waals surface area contributed by atoms with Crippen LogP contribution in [0.2, 0.25) is 0 Å². The zero-order chi connectivity index (χ0) is 23.5. The van der Waals surface area contributed by atoms with Gasteiger partial charge in [0.2, 0.25) is 0 Å². The predicted molar refractivity (Wildman–Crippen MR) is 123 cm³/mol. The molecule has 9 nitrogen and oxygen atoms in total. The van der Waals surface area contributed by atoms with E-state index in [-0.39, 0.29) is 34.6 Å². The lowest BCUT2D eigenvalue weighted by Gasteiger charge is -2.15. The number of aromatic nitrogens is 3. The van der Waals surface area contributed by atoms with Gasteiger partial charge in [-0.25, -0.2) is 4.98 Å². The summed E-state index contributed by atoms with van der Waals surface area (Å²) in [6.07, 6.45) is 3.95. The van der Waals surface area contributed by atoms with Gasteiger partial charge in [0.1, 0.15) is 22.5 Å². The molecule has 0 radical (unpaired) electrons. The molecule has 0 unspecified atom stereocenters. The summed E-state index contributed by atoms with van der Waals surface area (Å²) in [7, 11) is 0. The van der Waals surface area contributed by atoms with Gasteiger partial charge in [-0.1, -0.05) is 6.07 Å². The second kappa shape index (κ2) is 9.41. The summed E-state index contributed by atoms with van der Waals surface area (Å²) in [5, 5.41) is 11.8. The Labute approximate surface area is 190 Å². The van der Waals surface area contributed by atoms with E-state index >= 15 is 0 Å². The average molecular weight is 450 g/mol. The molecule has 0 saturated heterocycles. The molecule has 4 aromatic heterocycles. The van der Waals surface area contributed by atoms with E-state index in [9.17, 15) is 9.59 Å². The van der Waals surface area contributed by atoms with Crippen LogP contribution in [0.1, 0.15) is 41.9 Å². The van der Waals surface area contributed by atoms with E-state index in [2.05, 4.69) is 10.3 Å². The Hall–Kier alpha value is -3.72. The molecule has 33 heavy (non-hydrogen) atoms. The Morgan fingerprint density at radius 2 is 2.12 bits per heavy atom. The highest BCUT2D eigenvalue weighted by Crippen LogP contribution is 2.12. The largest absolute Gasteiger partial charge is 0.467 e. The molecule has 0 spiro atoms. The molecule has 4 aromatic rings. The van der Waals surface area contributed by atoms with Crippen LogP contribution in [0.5, 0.6) is 0 Å². The quantitative estimate of drug-likeness (QED) is 0.317. The highest BCUT2D eigenvalue weighted by Gasteiger charge is 2.18. The number of hydrogen-bond acceptors (Lipinski definition) is 6. The summed E-state index contributed by atoms with van der Waals surface area (Å²) >= 11 is 0. The molecular weight excluding hydrogens is 422 g/mol. The predicted octanol–water partition coefficient (Wildman–Crippen LogP) is 2.78. The lowest BCUT2D eigenvalue weighted by Crippen LogP contribution is -2.35. The van der Waals surface area contributed by atoms with Gasteiger partial charge in [-0.15, -0.1) is 0 Å². The van der Waals surface area contributed by atoms with Crippen molar-refractivity contribution < 1.29 is 13.9 Å². The molecule has 4 rings (SSSR count). The molecule has 0 atom stereocenters. The van der Waals surface area contributed by atoms with Crippen molar-refractivity contribution in [3.05, 3.63) is 75.5 Å². The molecule has 1 amide bonds. The number of pyridine rings is 2. The fraction of sp³-hybridized carbons (Fsp3) is 0.333. The molecule has 2 N–H and O–H groups in total. The molecule has 4 heterocycles. The van der Waals surface area contributed by atoms with Crippen LogP contribution in [0.4, 0.5) is 0 Å². The van der Waals surface area contributed by atoms with Gasteiger partial charge in [-0.3, -0.25) is 19.4 Å². The zero-order valence-electron chi connectivity index (χ0n) is 18.9. The van der Waals surface area contributed by atoms with Crippen molar-refractivity contribution in [2.45, 2.75) is 46.4 Å². The smallest absolute Gasteiger partial charge is 0.267 e. The molecule has 9 heteroatoms. The van der Waals surface area contributed by atoms with E-state index in [1.165, 1.54) is 16.7 Å². The number of nitrogens with zero attached hydrogens (tertiary/aromatic N) is 3. The van der Waals surface area contributed by atoms with Crippen LogP contribution in [-0.4, -0.2) is 32.6 Å². The number of carbonyl (C=O) groups is 1. The summed E-state index contributed by atoms with van der Waals surface area (Å²) in [4.78, 5) is 30.9. The van der Waals surface area contributed by atoms with Crippen LogP contribution >= 0.6 is 0 Å². The van der Waals surface area contributed by atoms with E-state index < -0.39 is 5.91 Å². The number of rotatable bonds is 8. The van der Waals surface area contributed by atoms with Crippen molar-refractivity contribution in [2.24, 2.45) is 0 Å². The zero-order valence-corrected chi connectivity index (χ0v) is 18.9. The first-order valence-electron chi connectivity index (χ1n) is 10.9. The third-order valence-electron chi connectivity index (χ3n) is 5.28. The van der Waals surface area contributed by atoms with Crippen molar-refractivity contribution in [3.63, 3.8) is 0 Å². The second-order valence-corrected chi connectivity index (χ2v) is 8.18. The number of nitrogens with one attached hydrogen (secondary N) is 2. The molecule has 0 aliphatic heterocycles. The first kappa shape index (κ1) is 22.5. The average Bonchev–Trinajstić information content (AvgIpc) is 3.30. The summed E-state index contributed by atoms with van der Waals surface area (Å²) < 4.78 is 14.0. The van der Waals surface area contributed by atoms with Crippen LogP contribution in [0.25, 0.3) is 16.7 Å². The van der Waals surface area contributed by atoms with Crippen molar-refractivity contribution in [2.75, 3.05) is 6.61 Å². The molecule has 0 bridgehead atoms. The maximum Gasteiger partial charge on any atom is 0.267 e. The van der Waals surface area contributed by atoms with E-state index in [1.807, 2.05) is 26.8 Å². The van der Waals surface area contributed by atoms with Gasteiger partial charge in [-0.05, 0) is 57.0 Å². The number of fused-ring (bicyclic) bond motifs is 2. The summed E-state index contributed by atoms with van der Waals surface area (Å²) in [6.45, 7) is 6.87. The molecule has 0 aliphatic carbocycles. The summed E-state index contributed by atoms with van der Waals surface area (Å²) in [6, 6.07) is 8.60. The summed E-state index contributed by atoms with van der Waals surface area (Å²) in [5.41, 5.74) is 1.59. The Balaban J connectivity index is 1.81. The number of amides is 1. The maximum atomic E-state index is 13.3. The summed E-state index contributed by atoms with van der Waals surface area (Å²) in [5.74, 6) is 0.136. The van der Waals surface area contributed by atoms with Gasteiger partial charge < -0.3 is 19.0 Å². The Morgan fingerprint density at radius 1 is 1.30 bits per heavy atom. The van der Waals surface area contributed by atoms with E-state index in [1.54, 1.807) is 29.0 Å². The molecule has 172 valence electrons. The minimum Gasteiger partial charge on any atom is -0.467 e. The first-order chi connectivity index (χ1) is 15.8. The van der Waals surface area contributed by atoms with Gasteiger partial charge in [-0.2, -0.15) is 0 Å². The van der Waals surface area contributed by atoms with Crippen LogP contribution in [-0.2, 0) is 17.8 Å². The van der Waals surface area contributed by atoms with Crippen molar-refractivity contribution in [1.29, 1.82) is 5.41 Å². The van der Waals surface area contributed by atoms with Gasteiger partial charge in [0.15, 0.2) is 0 Å². The van der Waals surface area contributed by atoms with Crippen LogP contribution in [0.3, 0.4) is 0 Å². The first-order valence-corrected chi connectivity index (χ1v) is 10.9. The van der Waals surface area contributed by atoms with E-state index in [0.29, 0.717) is 36.6 Å². The van der Waals surface area contributed by atoms with E-state index in [0.717, 1.165) is 5.56 Å². The highest BCUT2D eigenvalue weighted by atomic mass is 16.5. The lowest BCUT2D eigenvalue weighted by atomic mass is 10.2. The second-order valence-electron chi connectivity index (χ2n) is 8.18. The third kappa shape index (κ3) is 4.73. The molecule has 0 fully saturated rings. The fourth-order valence-corrected chi connectivity index (χ4v) is 3.65. The minimum absolute atomic E-state index is 0.00708. The Morgan fingerprint density at radius 3 is 2.85 bits per heavy atom. The SMILES string of the molecule is Cc1ccc2nc3c(cc(C(=O)NCc4ccco4)c(=N)n3CCCOC(C)C)c(=O)n2c1. The third-order valence-corrected chi connectivity index (χ3v) is 5.28. The Kier molecular flexibility index (Phi) is 6.41. The standard InChI is InChI=1S/C24H27N5O4/c1-15(2)32-11-5-9-28-21(25)18(23(30)26-13-17-6-4-10-33-17)12-19-22(28)27-20-8-7-16(3)14-29(20)24(19)31/h4,6-8,10,12,14-15,25H,5,9,11,13H2,1-3H3,(H,26,30). The lowest BCUT2D eigenvalue weighted by molar-refractivity contribution is 0.0748. The van der Waals surface area contributed by atoms with Gasteiger partial charge in [0.05, 0.1) is 29.9 Å². The van der Waals surface area contributed by atoms with Crippen LogP contribution < -0.4 is 16.4 Å². The van der Waals surface area contributed by atoms with Gasteiger partial charge >= 0.3 is 0 Å². The topological polar surface area (TPSA) is 115 Å². The van der Waals surface area contributed by atoms with Crippen LogP contribution in [0.15, 0.2) is 52.0 Å². The molecular formula is C24H27N5O4. The fourth-order valence-electron chi connectivity index (χ4n) is 3.65. The Bertz CT molecular complexity index is 1420. The minimum atomic E-state index is -0.459. The monoisotopic (exact) mass is 449 g/mol. The van der Waals surface area contributed by atoms with E-state index in [4.69, 9.17) is 14.6 Å². The number of carbonyl (C=O) groups excluding carboxylic acids is 1. The van der Waals surface area contributed by atoms with Crippen molar-refractivity contribution in [1.82, 2.24) is 19.3 Å². The van der Waals surface area contributed by atoms with Crippen molar-refractivity contribution in [3.8, 4) is 0 Å². The van der Waals surface area contributed by atoms with Gasteiger partial charge in [0.25, 0.3) is 11.5 Å². The number of furan rings is 1. The van der Waals surface area contributed by atoms with Crippen molar-refractivity contribution >= 4 is 22.6 Å². The number of hydrogen-bond donors (Lipinski definition) is 2. The normalized spacial score (nSPS) is 11.5. The molecule has 0 aliphatic rings.